The summed E-state index contributed by atoms with van der Waals surface area (Å²) in [5.74, 6) is -3.34. The van der Waals surface area contributed by atoms with Crippen molar-refractivity contribution in [3.8, 4) is 0 Å². The van der Waals surface area contributed by atoms with Crippen molar-refractivity contribution in [2.75, 3.05) is 0 Å². The highest BCUT2D eigenvalue weighted by molar-refractivity contribution is 5.76. The maximum absolute atomic E-state index is 10.8. The largest absolute Gasteiger partial charge is 0.300 e. The molecule has 0 aromatic rings. The molecule has 0 aliphatic carbocycles. The van der Waals surface area contributed by atoms with Crippen LogP contribution >= 0.6 is 0 Å². The van der Waals surface area contributed by atoms with Crippen LogP contribution < -0.4 is 0 Å². The van der Waals surface area contributed by atoms with Crippen molar-refractivity contribution >= 4 is 5.78 Å². The van der Waals surface area contributed by atoms with Gasteiger partial charge in [-0.15, -0.1) is 0 Å². The molecule has 2 N–H and O–H groups in total. The lowest BCUT2D eigenvalue weighted by Gasteiger charge is -2.27. The zero-order valence-corrected chi connectivity index (χ0v) is 9.14. The van der Waals surface area contributed by atoms with E-state index in [1.807, 2.05) is 0 Å². The van der Waals surface area contributed by atoms with E-state index in [4.69, 9.17) is 10.5 Å². The minimum absolute atomic E-state index is 0.217. The molecule has 90 valence electrons. The highest BCUT2D eigenvalue weighted by Crippen LogP contribution is 2.21. The van der Waals surface area contributed by atoms with E-state index in [-0.39, 0.29) is 12.2 Å². The zero-order chi connectivity index (χ0) is 12.1. The zero-order valence-electron chi connectivity index (χ0n) is 9.14. The maximum atomic E-state index is 10.8. The van der Waals surface area contributed by atoms with Crippen molar-refractivity contribution in [1.82, 2.24) is 0 Å². The number of hydrogen-bond acceptors (Lipinski definition) is 7. The van der Waals surface area contributed by atoms with Gasteiger partial charge < -0.3 is 0 Å². The highest BCUT2D eigenvalue weighted by Gasteiger charge is 2.34. The van der Waals surface area contributed by atoms with Gasteiger partial charge in [-0.3, -0.25) is 4.79 Å². The highest BCUT2D eigenvalue weighted by atomic mass is 17.3. The van der Waals surface area contributed by atoms with Gasteiger partial charge in [0.2, 0.25) is 11.6 Å². The summed E-state index contributed by atoms with van der Waals surface area (Å²) in [6.45, 7) is 5.31. The van der Waals surface area contributed by atoms with Gasteiger partial charge in [0.25, 0.3) is 0 Å². The fourth-order valence-electron chi connectivity index (χ4n) is 0.733. The van der Waals surface area contributed by atoms with Crippen LogP contribution in [0.3, 0.4) is 0 Å². The number of ketones is 1. The predicted octanol–water partition coefficient (Wildman–Crippen LogP) is 1.35. The average Bonchev–Trinajstić information content (AvgIpc) is 2.14. The van der Waals surface area contributed by atoms with Gasteiger partial charge in [-0.2, -0.15) is 9.78 Å². The van der Waals surface area contributed by atoms with Crippen LogP contribution in [-0.2, 0) is 24.3 Å². The Bertz CT molecular complexity index is 215. The first-order valence-electron chi connectivity index (χ1n) is 4.26. The molecular formula is C8H16O7. The average molecular weight is 224 g/mol. The monoisotopic (exact) mass is 224 g/mol. The summed E-state index contributed by atoms with van der Waals surface area (Å²) in [6.07, 6.45) is -0.217. The summed E-state index contributed by atoms with van der Waals surface area (Å²) in [7, 11) is 0. The Labute approximate surface area is 87.3 Å². The van der Waals surface area contributed by atoms with Crippen LogP contribution in [-0.4, -0.2) is 27.9 Å². The number of carbonyl (C=O) groups excluding carboxylic acids is 1. The normalized spacial score (nSPS) is 16.1. The fraction of sp³-hybridized carbons (Fsp3) is 0.875. The predicted molar refractivity (Wildman–Crippen MR) is 47.4 cm³/mol. The molecule has 0 fully saturated rings. The molecule has 0 saturated carbocycles. The van der Waals surface area contributed by atoms with Crippen molar-refractivity contribution in [2.45, 2.75) is 45.7 Å². The van der Waals surface area contributed by atoms with Gasteiger partial charge in [0.15, 0.2) is 0 Å². The molecule has 0 radical (unpaired) electrons. The van der Waals surface area contributed by atoms with Crippen molar-refractivity contribution in [1.29, 1.82) is 0 Å². The summed E-state index contributed by atoms with van der Waals surface area (Å²) in [5.41, 5.74) is 0. The minimum atomic E-state index is -1.64. The molecular weight excluding hydrogens is 208 g/mol. The van der Waals surface area contributed by atoms with Crippen molar-refractivity contribution < 1.29 is 34.9 Å². The summed E-state index contributed by atoms with van der Waals surface area (Å²) < 4.78 is 0. The number of carbonyl (C=O) groups is 1. The SMILES string of the molecule is CC(=O)CC(C)(OO)OOC(C)(C)OO. The molecule has 0 rings (SSSR count). The Balaban J connectivity index is 4.26. The van der Waals surface area contributed by atoms with Crippen LogP contribution in [0.5, 0.6) is 0 Å². The van der Waals surface area contributed by atoms with Crippen molar-refractivity contribution in [3.05, 3.63) is 0 Å². The van der Waals surface area contributed by atoms with E-state index in [9.17, 15) is 4.79 Å². The second-order valence-corrected chi connectivity index (χ2v) is 3.76. The summed E-state index contributed by atoms with van der Waals surface area (Å²) in [4.78, 5) is 28.0. The third kappa shape index (κ3) is 5.78. The van der Waals surface area contributed by atoms with Crippen molar-refractivity contribution in [3.63, 3.8) is 0 Å². The molecule has 0 aliphatic rings. The number of rotatable bonds is 7. The Morgan fingerprint density at radius 2 is 1.67 bits per heavy atom. The lowest BCUT2D eigenvalue weighted by atomic mass is 10.2. The molecule has 0 saturated heterocycles. The van der Waals surface area contributed by atoms with Crippen molar-refractivity contribution in [2.24, 2.45) is 0 Å². The van der Waals surface area contributed by atoms with Gasteiger partial charge in [0, 0.05) is 0 Å². The Morgan fingerprint density at radius 1 is 1.13 bits per heavy atom. The molecule has 1 unspecified atom stereocenters. The first-order valence-corrected chi connectivity index (χ1v) is 4.26. The summed E-state index contributed by atoms with van der Waals surface area (Å²) in [6, 6.07) is 0. The minimum Gasteiger partial charge on any atom is -0.300 e. The molecule has 0 spiro atoms. The van der Waals surface area contributed by atoms with Crippen LogP contribution in [0.2, 0.25) is 0 Å². The lowest BCUT2D eigenvalue weighted by Crippen LogP contribution is -2.38. The third-order valence-corrected chi connectivity index (χ3v) is 1.40. The van der Waals surface area contributed by atoms with Gasteiger partial charge in [-0.05, 0) is 27.7 Å². The smallest absolute Gasteiger partial charge is 0.237 e. The first-order chi connectivity index (χ1) is 6.74. The van der Waals surface area contributed by atoms with E-state index >= 15 is 0 Å². The molecule has 0 amide bonds. The molecule has 0 bridgehead atoms. The van der Waals surface area contributed by atoms with Crippen LogP contribution in [0, 0.1) is 0 Å². The van der Waals surface area contributed by atoms with Crippen LogP contribution in [0.4, 0.5) is 0 Å². The number of Topliss-reactive ketones (excluding diaryl/α,β-unsaturated/α-hetero) is 1. The van der Waals surface area contributed by atoms with Crippen LogP contribution in [0.15, 0.2) is 0 Å². The van der Waals surface area contributed by atoms with E-state index in [2.05, 4.69) is 19.6 Å². The van der Waals surface area contributed by atoms with Crippen LogP contribution in [0.25, 0.3) is 0 Å². The molecule has 0 aliphatic heterocycles. The van der Waals surface area contributed by atoms with E-state index in [1.165, 1.54) is 27.7 Å². The second-order valence-electron chi connectivity index (χ2n) is 3.76. The molecule has 0 aromatic heterocycles. The second kappa shape index (κ2) is 5.50. The topological polar surface area (TPSA) is 94.5 Å². The van der Waals surface area contributed by atoms with Gasteiger partial charge in [0.05, 0.1) is 6.42 Å². The molecule has 1 atom stereocenters. The summed E-state index contributed by atoms with van der Waals surface area (Å²) >= 11 is 0. The maximum Gasteiger partial charge on any atom is 0.237 e. The van der Waals surface area contributed by atoms with Crippen LogP contribution in [0.1, 0.15) is 34.1 Å². The first kappa shape index (κ1) is 14.4. The third-order valence-electron chi connectivity index (χ3n) is 1.40. The van der Waals surface area contributed by atoms with Gasteiger partial charge in [0.1, 0.15) is 5.78 Å². The lowest BCUT2D eigenvalue weighted by molar-refractivity contribution is -0.561. The van der Waals surface area contributed by atoms with E-state index in [1.54, 1.807) is 0 Å². The Kier molecular flexibility index (Phi) is 5.29. The Morgan fingerprint density at radius 3 is 2.00 bits per heavy atom. The molecule has 7 nitrogen and oxygen atoms in total. The molecule has 0 heterocycles. The molecule has 15 heavy (non-hydrogen) atoms. The quantitative estimate of drug-likeness (QED) is 0.383. The van der Waals surface area contributed by atoms with Gasteiger partial charge in [-0.1, -0.05) is 0 Å². The Hall–Kier alpha value is -0.570. The standard InChI is InChI=1S/C8H16O7/c1-6(9)5-8(4,13-11)15-14-7(2,3)12-10/h10-11H,5H2,1-4H3. The fourth-order valence-corrected chi connectivity index (χ4v) is 0.733. The van der Waals surface area contributed by atoms with Gasteiger partial charge in [-0.25, -0.2) is 20.3 Å². The van der Waals surface area contributed by atoms with Gasteiger partial charge >= 0.3 is 0 Å². The molecule has 7 heteroatoms. The van der Waals surface area contributed by atoms with E-state index in [0.717, 1.165) is 0 Å². The summed E-state index contributed by atoms with van der Waals surface area (Å²) in [5, 5.41) is 16.9. The van der Waals surface area contributed by atoms with E-state index < -0.39 is 11.6 Å². The van der Waals surface area contributed by atoms with E-state index in [0.29, 0.717) is 0 Å². The molecule has 0 aromatic carbocycles. The number of hydrogen-bond donors (Lipinski definition) is 2.